The van der Waals surface area contributed by atoms with Crippen LogP contribution in [0.1, 0.15) is 11.1 Å². The Labute approximate surface area is 121 Å². The lowest BCUT2D eigenvalue weighted by molar-refractivity contribution is -0.384. The summed E-state index contributed by atoms with van der Waals surface area (Å²) >= 11 is 0. The molecule has 0 radical (unpaired) electrons. The number of aliphatic hydroxyl groups is 1. The molecule has 0 unspecified atom stereocenters. The summed E-state index contributed by atoms with van der Waals surface area (Å²) in [6.07, 6.45) is 0. The molecule has 110 valence electrons. The molecular weight excluding hydrogens is 274 g/mol. The van der Waals surface area contributed by atoms with Crippen LogP contribution < -0.4 is 9.47 Å². The molecule has 0 bridgehead atoms. The molecule has 2 aromatic carbocycles. The van der Waals surface area contributed by atoms with E-state index in [1.807, 2.05) is 6.92 Å². The quantitative estimate of drug-likeness (QED) is 0.675. The maximum Gasteiger partial charge on any atom is 0.273 e. The van der Waals surface area contributed by atoms with Crippen molar-refractivity contribution in [1.82, 2.24) is 0 Å². The predicted octanol–water partition coefficient (Wildman–Crippen LogP) is 3.20. The van der Waals surface area contributed by atoms with Crippen LogP contribution in [0.5, 0.6) is 17.2 Å². The Morgan fingerprint density at radius 1 is 1.19 bits per heavy atom. The first-order chi connectivity index (χ1) is 10.0. The molecule has 0 aliphatic carbocycles. The molecule has 6 heteroatoms. The van der Waals surface area contributed by atoms with Gasteiger partial charge in [0.15, 0.2) is 11.5 Å². The van der Waals surface area contributed by atoms with E-state index in [1.165, 1.54) is 25.3 Å². The summed E-state index contributed by atoms with van der Waals surface area (Å²) < 4.78 is 10.8. The fourth-order valence-electron chi connectivity index (χ4n) is 1.89. The van der Waals surface area contributed by atoms with Crippen molar-refractivity contribution >= 4 is 5.69 Å². The molecule has 0 atom stereocenters. The highest BCUT2D eigenvalue weighted by atomic mass is 16.6. The van der Waals surface area contributed by atoms with Crippen LogP contribution in [0.15, 0.2) is 36.4 Å². The molecule has 0 amide bonds. The van der Waals surface area contributed by atoms with Crippen molar-refractivity contribution in [3.05, 3.63) is 57.6 Å². The summed E-state index contributed by atoms with van der Waals surface area (Å²) in [5.41, 5.74) is 1.65. The predicted molar refractivity (Wildman–Crippen MR) is 76.8 cm³/mol. The van der Waals surface area contributed by atoms with Gasteiger partial charge in [0.1, 0.15) is 5.75 Å². The highest BCUT2D eigenvalue weighted by Gasteiger charge is 2.13. The number of aliphatic hydroxyl groups excluding tert-OH is 1. The van der Waals surface area contributed by atoms with E-state index in [9.17, 15) is 10.1 Å². The number of ether oxygens (including phenoxy) is 2. The van der Waals surface area contributed by atoms with Gasteiger partial charge in [-0.05, 0) is 36.2 Å². The lowest BCUT2D eigenvalue weighted by Crippen LogP contribution is -1.94. The number of hydrogen-bond acceptors (Lipinski definition) is 5. The Balaban J connectivity index is 2.30. The van der Waals surface area contributed by atoms with Crippen molar-refractivity contribution < 1.29 is 19.5 Å². The van der Waals surface area contributed by atoms with E-state index in [1.54, 1.807) is 18.2 Å². The third-order valence-electron chi connectivity index (χ3n) is 3.07. The lowest BCUT2D eigenvalue weighted by Gasteiger charge is -2.11. The van der Waals surface area contributed by atoms with Crippen molar-refractivity contribution in [2.75, 3.05) is 7.11 Å². The number of aryl methyl sites for hydroxylation is 1. The van der Waals surface area contributed by atoms with E-state index in [4.69, 9.17) is 14.6 Å². The Bertz CT molecular complexity index is 669. The zero-order chi connectivity index (χ0) is 15.4. The van der Waals surface area contributed by atoms with Crippen molar-refractivity contribution in [2.24, 2.45) is 0 Å². The fourth-order valence-corrected chi connectivity index (χ4v) is 1.89. The van der Waals surface area contributed by atoms with Crippen LogP contribution in [0.25, 0.3) is 0 Å². The van der Waals surface area contributed by atoms with Crippen molar-refractivity contribution in [3.63, 3.8) is 0 Å². The van der Waals surface area contributed by atoms with E-state index in [0.717, 1.165) is 11.1 Å². The summed E-state index contributed by atoms with van der Waals surface area (Å²) in [6.45, 7) is 1.83. The Kier molecular flexibility index (Phi) is 4.39. The van der Waals surface area contributed by atoms with Gasteiger partial charge >= 0.3 is 0 Å². The SMILES string of the molecule is COc1cc([N+](=O)[O-])ccc1Oc1ccc(CO)c(C)c1. The van der Waals surface area contributed by atoms with Crippen LogP contribution in [0, 0.1) is 17.0 Å². The van der Waals surface area contributed by atoms with Crippen LogP contribution in [-0.2, 0) is 6.61 Å². The summed E-state index contributed by atoms with van der Waals surface area (Å²) in [6, 6.07) is 9.43. The van der Waals surface area contributed by atoms with Gasteiger partial charge in [0.05, 0.1) is 24.7 Å². The molecule has 6 nitrogen and oxygen atoms in total. The molecule has 1 N–H and O–H groups in total. The maximum atomic E-state index is 10.7. The number of nitrogens with zero attached hydrogens (tertiary/aromatic N) is 1. The molecule has 0 heterocycles. The molecule has 0 saturated carbocycles. The molecule has 0 aromatic heterocycles. The largest absolute Gasteiger partial charge is 0.493 e. The minimum absolute atomic E-state index is 0.0348. The van der Waals surface area contributed by atoms with Crippen molar-refractivity contribution in [1.29, 1.82) is 0 Å². The zero-order valence-corrected chi connectivity index (χ0v) is 11.7. The van der Waals surface area contributed by atoms with Gasteiger partial charge in [-0.15, -0.1) is 0 Å². The van der Waals surface area contributed by atoms with Gasteiger partial charge in [0.25, 0.3) is 5.69 Å². The van der Waals surface area contributed by atoms with Gasteiger partial charge in [0, 0.05) is 6.07 Å². The molecule has 2 rings (SSSR count). The van der Waals surface area contributed by atoms with E-state index in [-0.39, 0.29) is 18.0 Å². The van der Waals surface area contributed by atoms with Gasteiger partial charge < -0.3 is 14.6 Å². The van der Waals surface area contributed by atoms with Crippen LogP contribution in [0.3, 0.4) is 0 Å². The highest BCUT2D eigenvalue weighted by molar-refractivity contribution is 5.50. The smallest absolute Gasteiger partial charge is 0.273 e. The molecule has 0 fully saturated rings. The van der Waals surface area contributed by atoms with Crippen molar-refractivity contribution in [2.45, 2.75) is 13.5 Å². The van der Waals surface area contributed by atoms with Gasteiger partial charge in [-0.3, -0.25) is 10.1 Å². The molecule has 21 heavy (non-hydrogen) atoms. The Morgan fingerprint density at radius 2 is 1.95 bits per heavy atom. The van der Waals surface area contributed by atoms with E-state index >= 15 is 0 Å². The lowest BCUT2D eigenvalue weighted by atomic mass is 10.1. The summed E-state index contributed by atoms with van der Waals surface area (Å²) in [5, 5.41) is 19.9. The number of non-ortho nitro benzene ring substituents is 1. The third kappa shape index (κ3) is 3.29. The normalized spacial score (nSPS) is 10.2. The molecule has 0 spiro atoms. The first-order valence-corrected chi connectivity index (χ1v) is 6.26. The average molecular weight is 289 g/mol. The summed E-state index contributed by atoms with van der Waals surface area (Å²) in [5.74, 6) is 1.24. The number of methoxy groups -OCH3 is 1. The first kappa shape index (κ1) is 14.8. The molecule has 2 aromatic rings. The van der Waals surface area contributed by atoms with Crippen LogP contribution in [0.2, 0.25) is 0 Å². The van der Waals surface area contributed by atoms with E-state index in [2.05, 4.69) is 0 Å². The number of rotatable bonds is 5. The second-order valence-corrected chi connectivity index (χ2v) is 4.44. The molecular formula is C15H15NO5. The second-order valence-electron chi connectivity index (χ2n) is 4.44. The van der Waals surface area contributed by atoms with Crippen LogP contribution in [0.4, 0.5) is 5.69 Å². The highest BCUT2D eigenvalue weighted by Crippen LogP contribution is 2.34. The van der Waals surface area contributed by atoms with Gasteiger partial charge in [0.2, 0.25) is 0 Å². The average Bonchev–Trinajstić information content (AvgIpc) is 2.47. The van der Waals surface area contributed by atoms with Gasteiger partial charge in [-0.25, -0.2) is 0 Å². The first-order valence-electron chi connectivity index (χ1n) is 6.26. The fraction of sp³-hybridized carbons (Fsp3) is 0.200. The van der Waals surface area contributed by atoms with Gasteiger partial charge in [-0.1, -0.05) is 6.07 Å². The zero-order valence-electron chi connectivity index (χ0n) is 11.7. The standard InChI is InChI=1S/C15H15NO5/c1-10-7-13(5-3-11(10)9-17)21-14-6-4-12(16(18)19)8-15(14)20-2/h3-8,17H,9H2,1-2H3. The number of nitro groups is 1. The van der Waals surface area contributed by atoms with E-state index < -0.39 is 4.92 Å². The maximum absolute atomic E-state index is 10.7. The minimum Gasteiger partial charge on any atom is -0.493 e. The summed E-state index contributed by atoms with van der Waals surface area (Å²) in [4.78, 5) is 10.2. The topological polar surface area (TPSA) is 81.8 Å². The monoisotopic (exact) mass is 289 g/mol. The molecule has 0 aliphatic heterocycles. The number of nitro benzene ring substituents is 1. The van der Waals surface area contributed by atoms with Gasteiger partial charge in [-0.2, -0.15) is 0 Å². The third-order valence-corrected chi connectivity index (χ3v) is 3.07. The Hall–Kier alpha value is -2.60. The summed E-state index contributed by atoms with van der Waals surface area (Å²) in [7, 11) is 1.42. The molecule has 0 aliphatic rings. The second kappa shape index (κ2) is 6.23. The van der Waals surface area contributed by atoms with Crippen molar-refractivity contribution in [3.8, 4) is 17.2 Å². The minimum atomic E-state index is -0.494. The number of benzene rings is 2. The number of hydrogen-bond donors (Lipinski definition) is 1. The van der Waals surface area contributed by atoms with E-state index in [0.29, 0.717) is 11.5 Å². The van der Waals surface area contributed by atoms with Crippen LogP contribution in [-0.4, -0.2) is 17.1 Å². The Morgan fingerprint density at radius 3 is 2.52 bits per heavy atom. The van der Waals surface area contributed by atoms with Crippen LogP contribution >= 0.6 is 0 Å². The molecule has 0 saturated heterocycles.